The summed E-state index contributed by atoms with van der Waals surface area (Å²) in [6.45, 7) is 6.62. The van der Waals surface area contributed by atoms with Gasteiger partial charge in [-0.05, 0) is 38.0 Å². The zero-order valence-corrected chi connectivity index (χ0v) is 15.1. The smallest absolute Gasteiger partial charge is 0.265 e. The molecule has 7 heteroatoms. The minimum Gasteiger partial charge on any atom is -0.286 e. The lowest BCUT2D eigenvalue weighted by Gasteiger charge is -2.14. The number of benzene rings is 1. The Morgan fingerprint density at radius 2 is 1.96 bits per heavy atom. The molecule has 0 aliphatic carbocycles. The molecule has 0 amide bonds. The van der Waals surface area contributed by atoms with Gasteiger partial charge in [-0.15, -0.1) is 0 Å². The number of rotatable bonds is 7. The lowest BCUT2D eigenvalue weighted by atomic mass is 9.82. The summed E-state index contributed by atoms with van der Waals surface area (Å²) in [5.74, 6) is -0.260. The van der Waals surface area contributed by atoms with Gasteiger partial charge in [0.05, 0.1) is 29.0 Å². The average molecular weight is 350 g/mol. The highest BCUT2D eigenvalue weighted by Gasteiger charge is 2.42. The normalized spacial score (nSPS) is 17.6. The highest BCUT2D eigenvalue weighted by atomic mass is 32.2. The summed E-state index contributed by atoms with van der Waals surface area (Å²) in [6.07, 6.45) is 2.82. The zero-order chi connectivity index (χ0) is 17.8. The van der Waals surface area contributed by atoms with Gasteiger partial charge in [0, 0.05) is 12.6 Å². The Balaban J connectivity index is 2.12. The van der Waals surface area contributed by atoms with Crippen LogP contribution in [-0.2, 0) is 10.1 Å². The van der Waals surface area contributed by atoms with E-state index in [9.17, 15) is 8.42 Å². The summed E-state index contributed by atoms with van der Waals surface area (Å²) < 4.78 is 32.5. The molecule has 1 aliphatic rings. The molecular formula is C17H24N3O3S+. The Bertz CT molecular complexity index is 779. The fraction of sp³-hybridized carbons (Fsp3) is 0.471. The Labute approximate surface area is 143 Å². The van der Waals surface area contributed by atoms with Gasteiger partial charge in [-0.3, -0.25) is 9.55 Å². The largest absolute Gasteiger partial charge is 0.286 e. The van der Waals surface area contributed by atoms with Crippen molar-refractivity contribution >= 4 is 33.4 Å². The molecule has 1 N–H and O–H groups in total. The number of hydrazone groups is 1. The van der Waals surface area contributed by atoms with E-state index in [4.69, 9.17) is 4.55 Å². The molecule has 0 fully saturated rings. The molecule has 1 aromatic rings. The lowest BCUT2D eigenvalue weighted by molar-refractivity contribution is -0.532. The van der Waals surface area contributed by atoms with Gasteiger partial charge in [0.15, 0.2) is 6.54 Å². The Morgan fingerprint density at radius 1 is 1.29 bits per heavy atom. The predicted molar refractivity (Wildman–Crippen MR) is 97.3 cm³/mol. The van der Waals surface area contributed by atoms with Gasteiger partial charge in [-0.25, -0.2) is 0 Å². The molecule has 0 bridgehead atoms. The SMILES string of the molecule is CC1=N[N+](CCCS(=O)(=O)O)=C(CC=Nc2ccccc2)C1(C)C. The Morgan fingerprint density at radius 3 is 2.58 bits per heavy atom. The van der Waals surface area contributed by atoms with E-state index in [0.29, 0.717) is 19.4 Å². The van der Waals surface area contributed by atoms with E-state index in [-0.39, 0.29) is 11.2 Å². The summed E-state index contributed by atoms with van der Waals surface area (Å²) in [7, 11) is -3.94. The molecule has 6 nitrogen and oxygen atoms in total. The van der Waals surface area contributed by atoms with Crippen molar-refractivity contribution in [3.05, 3.63) is 30.3 Å². The van der Waals surface area contributed by atoms with Gasteiger partial charge < -0.3 is 0 Å². The number of hydrogen-bond donors (Lipinski definition) is 1. The number of hydrogen-bond acceptors (Lipinski definition) is 4. The molecular weight excluding hydrogens is 326 g/mol. The van der Waals surface area contributed by atoms with Crippen molar-refractivity contribution in [3.63, 3.8) is 0 Å². The van der Waals surface area contributed by atoms with Crippen LogP contribution < -0.4 is 0 Å². The van der Waals surface area contributed by atoms with Gasteiger partial charge in [0.2, 0.25) is 5.71 Å². The molecule has 0 radical (unpaired) electrons. The van der Waals surface area contributed by atoms with E-state index in [0.717, 1.165) is 17.1 Å². The lowest BCUT2D eigenvalue weighted by Crippen LogP contribution is -2.31. The highest BCUT2D eigenvalue weighted by molar-refractivity contribution is 7.85. The van der Waals surface area contributed by atoms with Gasteiger partial charge in [-0.1, -0.05) is 22.9 Å². The maximum absolute atomic E-state index is 10.9. The van der Waals surface area contributed by atoms with Crippen molar-refractivity contribution < 1.29 is 17.7 Å². The highest BCUT2D eigenvalue weighted by Crippen LogP contribution is 2.27. The van der Waals surface area contributed by atoms with Gasteiger partial charge in [0.1, 0.15) is 0 Å². The van der Waals surface area contributed by atoms with Crippen LogP contribution in [0.25, 0.3) is 0 Å². The van der Waals surface area contributed by atoms with Gasteiger partial charge in [-0.2, -0.15) is 8.42 Å². The Kier molecular flexibility index (Phi) is 5.66. The third-order valence-electron chi connectivity index (χ3n) is 4.26. The first-order valence-electron chi connectivity index (χ1n) is 7.92. The first-order chi connectivity index (χ1) is 11.2. The van der Waals surface area contributed by atoms with Crippen LogP contribution in [-0.4, -0.2) is 47.6 Å². The van der Waals surface area contributed by atoms with Crippen LogP contribution in [0, 0.1) is 5.41 Å². The fourth-order valence-corrected chi connectivity index (χ4v) is 3.09. The maximum Gasteiger partial charge on any atom is 0.265 e. The maximum atomic E-state index is 10.9. The number of nitrogens with zero attached hydrogens (tertiary/aromatic N) is 3. The molecule has 130 valence electrons. The molecule has 0 aromatic heterocycles. The summed E-state index contributed by atoms with van der Waals surface area (Å²) in [4.78, 5) is 4.45. The Hall–Kier alpha value is -1.86. The van der Waals surface area contributed by atoms with Crippen LogP contribution in [0.2, 0.25) is 0 Å². The predicted octanol–water partition coefficient (Wildman–Crippen LogP) is 2.93. The minimum atomic E-state index is -3.94. The van der Waals surface area contributed by atoms with E-state index >= 15 is 0 Å². The summed E-state index contributed by atoms with van der Waals surface area (Å²) >= 11 is 0. The van der Waals surface area contributed by atoms with Crippen LogP contribution in [0.5, 0.6) is 0 Å². The van der Waals surface area contributed by atoms with Crippen molar-refractivity contribution in [1.82, 2.24) is 0 Å². The molecule has 0 saturated carbocycles. The van der Waals surface area contributed by atoms with E-state index in [2.05, 4.69) is 23.9 Å². The van der Waals surface area contributed by atoms with Crippen LogP contribution in [0.15, 0.2) is 40.4 Å². The standard InChI is InChI=1S/C17H23N3O3S/c1-14-17(2,3)16(10-11-18-15-8-5-4-6-9-15)20(19-14)12-7-13-24(21,22)23/h4-6,8-9,11H,7,10,12-13H2,1-3H3/p+1. The molecule has 2 rings (SSSR count). The van der Waals surface area contributed by atoms with E-state index in [1.54, 1.807) is 0 Å². The quantitative estimate of drug-likeness (QED) is 0.466. The number of para-hydroxylation sites is 1. The monoisotopic (exact) mass is 350 g/mol. The zero-order valence-electron chi connectivity index (χ0n) is 14.3. The second-order valence-corrected chi connectivity index (χ2v) is 7.94. The molecule has 1 aliphatic heterocycles. The second-order valence-electron chi connectivity index (χ2n) is 6.37. The fourth-order valence-electron chi connectivity index (χ4n) is 2.59. The molecule has 1 heterocycles. The van der Waals surface area contributed by atoms with Gasteiger partial charge >= 0.3 is 0 Å². The summed E-state index contributed by atoms with van der Waals surface area (Å²) in [5.41, 5.74) is 2.76. The van der Waals surface area contributed by atoms with Crippen molar-refractivity contribution in [2.24, 2.45) is 15.5 Å². The van der Waals surface area contributed by atoms with Gasteiger partial charge in [0.25, 0.3) is 10.1 Å². The van der Waals surface area contributed by atoms with Crippen molar-refractivity contribution in [3.8, 4) is 0 Å². The van der Waals surface area contributed by atoms with Crippen LogP contribution in [0.1, 0.15) is 33.6 Å². The molecule has 0 unspecified atom stereocenters. The minimum absolute atomic E-state index is 0.194. The van der Waals surface area contributed by atoms with Crippen LogP contribution >= 0.6 is 0 Å². The average Bonchev–Trinajstić information content (AvgIpc) is 2.70. The first-order valence-corrected chi connectivity index (χ1v) is 9.53. The summed E-state index contributed by atoms with van der Waals surface area (Å²) in [6, 6.07) is 9.70. The number of aliphatic imine (C=N–C) groups is 1. The molecule has 0 saturated heterocycles. The van der Waals surface area contributed by atoms with Crippen LogP contribution in [0.3, 0.4) is 0 Å². The molecule has 1 aromatic carbocycles. The van der Waals surface area contributed by atoms with Crippen LogP contribution in [0.4, 0.5) is 5.69 Å². The third kappa shape index (κ3) is 4.82. The van der Waals surface area contributed by atoms with E-state index < -0.39 is 10.1 Å². The topological polar surface area (TPSA) is 82.1 Å². The van der Waals surface area contributed by atoms with E-state index in [1.165, 1.54) is 0 Å². The molecule has 24 heavy (non-hydrogen) atoms. The second kappa shape index (κ2) is 7.36. The first kappa shape index (κ1) is 18.5. The third-order valence-corrected chi connectivity index (χ3v) is 5.07. The summed E-state index contributed by atoms with van der Waals surface area (Å²) in [5, 5.41) is 4.54. The van der Waals surface area contributed by atoms with Crippen molar-refractivity contribution in [2.75, 3.05) is 12.3 Å². The molecule has 0 spiro atoms. The van der Waals surface area contributed by atoms with Crippen molar-refractivity contribution in [2.45, 2.75) is 33.6 Å². The molecule has 0 atom stereocenters. The van der Waals surface area contributed by atoms with Crippen molar-refractivity contribution in [1.29, 1.82) is 0 Å². The van der Waals surface area contributed by atoms with E-state index in [1.807, 2.05) is 48.2 Å².